The molecule has 0 aliphatic carbocycles. The molecule has 7 heteroatoms. The summed E-state index contributed by atoms with van der Waals surface area (Å²) in [7, 11) is 0. The summed E-state index contributed by atoms with van der Waals surface area (Å²) in [4.78, 5) is 17.0. The second-order valence-corrected chi connectivity index (χ2v) is 7.19. The van der Waals surface area contributed by atoms with Crippen LogP contribution in [0.15, 0.2) is 54.7 Å². The van der Waals surface area contributed by atoms with Crippen LogP contribution in [-0.4, -0.2) is 30.0 Å². The van der Waals surface area contributed by atoms with Gasteiger partial charge in [-0.15, -0.1) is 0 Å². The number of hydrogen-bond acceptors (Lipinski definition) is 3. The summed E-state index contributed by atoms with van der Waals surface area (Å²) in [6, 6.07) is 12.2. The largest absolute Gasteiger partial charge is 0.416 e. The zero-order chi connectivity index (χ0) is 21.7. The lowest BCUT2D eigenvalue weighted by Gasteiger charge is -2.14. The monoisotopic (exact) mass is 415 g/mol. The summed E-state index contributed by atoms with van der Waals surface area (Å²) in [5, 5.41) is 6.94. The third-order valence-corrected chi connectivity index (χ3v) is 4.88. The van der Waals surface area contributed by atoms with Crippen LogP contribution in [0.25, 0.3) is 22.0 Å². The van der Waals surface area contributed by atoms with E-state index in [1.165, 1.54) is 18.3 Å². The molecule has 30 heavy (non-hydrogen) atoms. The number of nitrogens with one attached hydrogen (secondary N) is 2. The topological polar surface area (TPSA) is 54.0 Å². The third kappa shape index (κ3) is 5.16. The van der Waals surface area contributed by atoms with Gasteiger partial charge in [0, 0.05) is 23.2 Å². The van der Waals surface area contributed by atoms with E-state index < -0.39 is 11.7 Å². The highest BCUT2D eigenvalue weighted by Crippen LogP contribution is 2.32. The third-order valence-electron chi connectivity index (χ3n) is 4.88. The van der Waals surface area contributed by atoms with E-state index in [0.29, 0.717) is 22.2 Å². The van der Waals surface area contributed by atoms with Crippen molar-refractivity contribution in [3.8, 4) is 11.1 Å². The Morgan fingerprint density at radius 1 is 1.13 bits per heavy atom. The van der Waals surface area contributed by atoms with Gasteiger partial charge in [0.05, 0.1) is 16.6 Å². The molecule has 0 fully saturated rings. The first-order valence-electron chi connectivity index (χ1n) is 9.87. The van der Waals surface area contributed by atoms with Crippen LogP contribution in [0.1, 0.15) is 36.2 Å². The maximum absolute atomic E-state index is 12.8. The van der Waals surface area contributed by atoms with Gasteiger partial charge in [0.15, 0.2) is 0 Å². The van der Waals surface area contributed by atoms with Crippen LogP contribution in [0.2, 0.25) is 0 Å². The molecule has 0 radical (unpaired) electrons. The van der Waals surface area contributed by atoms with Crippen LogP contribution in [0.3, 0.4) is 0 Å². The predicted octanol–water partition coefficient (Wildman–Crippen LogP) is 5.04. The number of alkyl halides is 3. The number of carbonyl (C=O) groups excluding carboxylic acids is 1. The number of benzene rings is 2. The molecular weight excluding hydrogens is 391 g/mol. The minimum atomic E-state index is -4.37. The minimum Gasteiger partial charge on any atom is -0.349 e. The Labute approximate surface area is 173 Å². The summed E-state index contributed by atoms with van der Waals surface area (Å²) in [5.41, 5.74) is 1.74. The molecule has 0 spiro atoms. The summed E-state index contributed by atoms with van der Waals surface area (Å²) in [6.45, 7) is 5.69. The molecule has 1 amide bonds. The van der Waals surface area contributed by atoms with E-state index in [1.807, 2.05) is 19.9 Å². The highest BCUT2D eigenvalue weighted by molar-refractivity contribution is 6.00. The average Bonchev–Trinajstić information content (AvgIpc) is 2.72. The van der Waals surface area contributed by atoms with Gasteiger partial charge in [-0.2, -0.15) is 13.2 Å². The van der Waals surface area contributed by atoms with Crippen LogP contribution < -0.4 is 10.6 Å². The second-order valence-electron chi connectivity index (χ2n) is 7.19. The maximum Gasteiger partial charge on any atom is 0.416 e. The van der Waals surface area contributed by atoms with Crippen molar-refractivity contribution in [3.63, 3.8) is 0 Å². The van der Waals surface area contributed by atoms with Gasteiger partial charge < -0.3 is 10.6 Å². The quantitative estimate of drug-likeness (QED) is 0.532. The maximum atomic E-state index is 12.8. The van der Waals surface area contributed by atoms with Crippen LogP contribution >= 0.6 is 0 Å². The summed E-state index contributed by atoms with van der Waals surface area (Å²) in [5.74, 6) is -0.201. The van der Waals surface area contributed by atoms with E-state index in [-0.39, 0.29) is 11.9 Å². The number of carbonyl (C=O) groups is 1. The highest BCUT2D eigenvalue weighted by atomic mass is 19.4. The fourth-order valence-corrected chi connectivity index (χ4v) is 3.23. The Hall–Kier alpha value is -2.93. The van der Waals surface area contributed by atoms with Crippen molar-refractivity contribution < 1.29 is 18.0 Å². The number of amides is 1. The molecule has 1 heterocycles. The molecule has 4 nitrogen and oxygen atoms in total. The zero-order valence-electron chi connectivity index (χ0n) is 16.9. The first kappa shape index (κ1) is 21.8. The molecule has 3 aromatic rings. The molecule has 2 aromatic carbocycles. The average molecular weight is 415 g/mol. The van der Waals surface area contributed by atoms with Crippen molar-refractivity contribution in [2.24, 2.45) is 0 Å². The number of para-hydroxylation sites is 1. The van der Waals surface area contributed by atoms with Crippen molar-refractivity contribution in [1.29, 1.82) is 0 Å². The summed E-state index contributed by atoms with van der Waals surface area (Å²) >= 11 is 0. The van der Waals surface area contributed by atoms with Crippen LogP contribution in [-0.2, 0) is 6.18 Å². The van der Waals surface area contributed by atoms with Gasteiger partial charge >= 0.3 is 6.18 Å². The Morgan fingerprint density at radius 2 is 1.87 bits per heavy atom. The van der Waals surface area contributed by atoms with Gasteiger partial charge in [0.1, 0.15) is 0 Å². The molecule has 0 unspecified atom stereocenters. The van der Waals surface area contributed by atoms with Gasteiger partial charge in [-0.3, -0.25) is 9.78 Å². The van der Waals surface area contributed by atoms with Gasteiger partial charge in [-0.1, -0.05) is 37.3 Å². The smallest absolute Gasteiger partial charge is 0.349 e. The number of hydrogen-bond donors (Lipinski definition) is 2. The molecule has 0 saturated carbocycles. The Bertz CT molecular complexity index is 1020. The Kier molecular flexibility index (Phi) is 6.72. The fraction of sp³-hybridized carbons (Fsp3) is 0.304. The SMILES string of the molecule is CCNCC[C@H](C)NC(=O)c1cnc2c(-c3ccc(C(F)(F)F)cc3)cccc2c1. The Morgan fingerprint density at radius 3 is 2.53 bits per heavy atom. The number of halogens is 3. The fourth-order valence-electron chi connectivity index (χ4n) is 3.23. The predicted molar refractivity (Wildman–Crippen MR) is 112 cm³/mol. The van der Waals surface area contributed by atoms with Crippen LogP contribution in [0, 0.1) is 0 Å². The van der Waals surface area contributed by atoms with Gasteiger partial charge in [-0.25, -0.2) is 0 Å². The number of aromatic nitrogens is 1. The summed E-state index contributed by atoms with van der Waals surface area (Å²) in [6.07, 6.45) is -2.05. The molecule has 3 rings (SSSR count). The van der Waals surface area contributed by atoms with E-state index >= 15 is 0 Å². The molecule has 1 atom stereocenters. The zero-order valence-corrected chi connectivity index (χ0v) is 16.9. The molecule has 0 bridgehead atoms. The lowest BCUT2D eigenvalue weighted by atomic mass is 10.00. The van der Waals surface area contributed by atoms with Crippen molar-refractivity contribution in [1.82, 2.24) is 15.6 Å². The van der Waals surface area contributed by atoms with Crippen LogP contribution in [0.4, 0.5) is 13.2 Å². The molecule has 0 aliphatic rings. The van der Waals surface area contributed by atoms with Crippen molar-refractivity contribution in [2.45, 2.75) is 32.5 Å². The number of nitrogens with zero attached hydrogens (tertiary/aromatic N) is 1. The van der Waals surface area contributed by atoms with Gasteiger partial charge in [-0.05, 0) is 50.2 Å². The first-order chi connectivity index (χ1) is 14.3. The molecule has 0 saturated heterocycles. The second kappa shape index (κ2) is 9.26. The van der Waals surface area contributed by atoms with E-state index in [2.05, 4.69) is 15.6 Å². The molecule has 1 aromatic heterocycles. The minimum absolute atomic E-state index is 0.0192. The molecular formula is C23H24F3N3O. The number of pyridine rings is 1. The van der Waals surface area contributed by atoms with Crippen LogP contribution in [0.5, 0.6) is 0 Å². The van der Waals surface area contributed by atoms with E-state index in [9.17, 15) is 18.0 Å². The first-order valence-corrected chi connectivity index (χ1v) is 9.87. The molecule has 2 N–H and O–H groups in total. The molecule has 0 aliphatic heterocycles. The van der Waals surface area contributed by atoms with E-state index in [0.717, 1.165) is 37.0 Å². The van der Waals surface area contributed by atoms with E-state index in [1.54, 1.807) is 18.2 Å². The van der Waals surface area contributed by atoms with Crippen molar-refractivity contribution in [2.75, 3.05) is 13.1 Å². The standard InChI is InChI=1S/C23H24F3N3O/c1-3-27-12-11-15(2)29-22(30)18-13-17-5-4-6-20(21(17)28-14-18)16-7-9-19(10-8-16)23(24,25)26/h4-10,13-15,27H,3,11-12H2,1-2H3,(H,29,30)/t15-/m0/s1. The van der Waals surface area contributed by atoms with Gasteiger partial charge in [0.2, 0.25) is 0 Å². The lowest BCUT2D eigenvalue weighted by molar-refractivity contribution is -0.137. The molecule has 158 valence electrons. The van der Waals surface area contributed by atoms with E-state index in [4.69, 9.17) is 0 Å². The highest BCUT2D eigenvalue weighted by Gasteiger charge is 2.30. The Balaban J connectivity index is 1.83. The lowest BCUT2D eigenvalue weighted by Crippen LogP contribution is -2.35. The number of rotatable bonds is 7. The van der Waals surface area contributed by atoms with Crippen molar-refractivity contribution in [3.05, 3.63) is 65.9 Å². The number of fused-ring (bicyclic) bond motifs is 1. The van der Waals surface area contributed by atoms with Crippen molar-refractivity contribution >= 4 is 16.8 Å². The van der Waals surface area contributed by atoms with Gasteiger partial charge in [0.25, 0.3) is 5.91 Å². The summed E-state index contributed by atoms with van der Waals surface area (Å²) < 4.78 is 38.5. The normalized spacial score (nSPS) is 12.7.